The highest BCUT2D eigenvalue weighted by atomic mass is 16.7. The Kier molecular flexibility index (Phi) is 57.2. The number of hydrogen-bond donors (Lipinski definition) is 0. The molecule has 0 aliphatic heterocycles. The van der Waals surface area contributed by atoms with E-state index in [1.54, 1.807) is 0 Å². The van der Waals surface area contributed by atoms with E-state index in [4.69, 9.17) is 18.9 Å². The number of hydrogen-bond acceptors (Lipinski definition) is 8. The van der Waals surface area contributed by atoms with Crippen LogP contribution in [0.4, 0.5) is 0 Å². The van der Waals surface area contributed by atoms with E-state index in [-0.39, 0.29) is 32.2 Å². The Morgan fingerprint density at radius 2 is 0.711 bits per heavy atom. The first-order chi connectivity index (χ1) is 37.1. The first-order valence-electron chi connectivity index (χ1n) is 33.0. The van der Waals surface area contributed by atoms with Gasteiger partial charge in [-0.25, -0.2) is 0 Å². The second kappa shape index (κ2) is 58.9. The molecule has 0 saturated heterocycles. The second-order valence-electron chi connectivity index (χ2n) is 23.8. The molecular formula is C67H127NO8. The van der Waals surface area contributed by atoms with Crippen LogP contribution in [0, 0.1) is 0 Å². The molecule has 0 saturated carbocycles. The Hall–Kier alpha value is -2.23. The van der Waals surface area contributed by atoms with Crippen LogP contribution in [0.3, 0.4) is 0 Å². The zero-order valence-corrected chi connectivity index (χ0v) is 51.2. The Morgan fingerprint density at radius 3 is 1.04 bits per heavy atom. The van der Waals surface area contributed by atoms with Crippen LogP contribution in [-0.2, 0) is 33.3 Å². The van der Waals surface area contributed by atoms with E-state index in [0.717, 1.165) is 44.9 Å². The molecule has 9 nitrogen and oxygen atoms in total. The molecule has 0 radical (unpaired) electrons. The third-order valence-electron chi connectivity index (χ3n) is 15.0. The van der Waals surface area contributed by atoms with Crippen LogP contribution in [-0.4, -0.2) is 82.3 Å². The smallest absolute Gasteiger partial charge is 0.306 e. The minimum atomic E-state index is -1.61. The molecule has 448 valence electrons. The van der Waals surface area contributed by atoms with E-state index in [9.17, 15) is 19.5 Å². The maximum atomic E-state index is 12.8. The van der Waals surface area contributed by atoms with Crippen molar-refractivity contribution < 1.29 is 42.9 Å². The van der Waals surface area contributed by atoms with Crippen molar-refractivity contribution in [3.05, 3.63) is 24.3 Å². The summed E-state index contributed by atoms with van der Waals surface area (Å²) in [7, 11) is 5.93. The molecule has 0 aromatic heterocycles. The average Bonchev–Trinajstić information content (AvgIpc) is 3.39. The third kappa shape index (κ3) is 59.4. The monoisotopic (exact) mass is 1070 g/mol. The summed E-state index contributed by atoms with van der Waals surface area (Å²) in [4.78, 5) is 37.1. The average molecular weight is 1070 g/mol. The minimum Gasteiger partial charge on any atom is -0.545 e. The van der Waals surface area contributed by atoms with Gasteiger partial charge in [-0.05, 0) is 44.9 Å². The molecule has 2 atom stereocenters. The largest absolute Gasteiger partial charge is 0.545 e. The van der Waals surface area contributed by atoms with Gasteiger partial charge in [0.2, 0.25) is 0 Å². The number of unbranched alkanes of at least 4 members (excludes halogenated alkanes) is 43. The maximum Gasteiger partial charge on any atom is 0.306 e. The predicted octanol–water partition coefficient (Wildman–Crippen LogP) is 18.5. The van der Waals surface area contributed by atoms with Crippen molar-refractivity contribution in [1.29, 1.82) is 0 Å². The number of allylic oxidation sites excluding steroid dienone is 4. The number of carbonyl (C=O) groups excluding carboxylic acids is 3. The van der Waals surface area contributed by atoms with Crippen molar-refractivity contribution >= 4 is 17.9 Å². The Labute approximate surface area is 471 Å². The van der Waals surface area contributed by atoms with Crippen LogP contribution in [0.1, 0.15) is 328 Å². The van der Waals surface area contributed by atoms with Gasteiger partial charge < -0.3 is 33.3 Å². The summed E-state index contributed by atoms with van der Waals surface area (Å²) in [5, 5.41) is 11.7. The standard InChI is InChI=1S/C67H127NO8/c1-6-8-10-12-14-16-18-19-20-21-22-23-24-25-26-27-28-29-30-31-32-33-34-35-36-37-38-39-40-41-42-43-44-45-46-47-48-50-52-54-56-58-65(70)76-63(62-75-67(66(71)72)73-60-59-68(3,4)5)61-74-64(69)57-55-53-51-49-17-15-13-11-9-7-2/h18-19,21-22,63,67H,6-17,20,23-62H2,1-5H3/b19-18-,22-21-. The summed E-state index contributed by atoms with van der Waals surface area (Å²) in [5.74, 6) is -2.26. The third-order valence-corrected chi connectivity index (χ3v) is 15.0. The maximum absolute atomic E-state index is 12.8. The highest BCUT2D eigenvalue weighted by molar-refractivity contribution is 5.70. The quantitative estimate of drug-likeness (QED) is 0.0195. The summed E-state index contributed by atoms with van der Waals surface area (Å²) in [6.45, 7) is 4.76. The number of carbonyl (C=O) groups is 3. The van der Waals surface area contributed by atoms with E-state index >= 15 is 0 Å². The summed E-state index contributed by atoms with van der Waals surface area (Å²) >= 11 is 0. The fourth-order valence-electron chi connectivity index (χ4n) is 9.87. The summed E-state index contributed by atoms with van der Waals surface area (Å²) < 4.78 is 22.7. The number of quaternary nitrogens is 1. The number of carboxylic acid groups (broad SMARTS) is 1. The summed E-state index contributed by atoms with van der Waals surface area (Å²) in [6.07, 6.45) is 68.7. The lowest BCUT2D eigenvalue weighted by atomic mass is 10.0. The molecule has 76 heavy (non-hydrogen) atoms. The van der Waals surface area contributed by atoms with Crippen LogP contribution in [0.2, 0.25) is 0 Å². The number of aliphatic carboxylic acids is 1. The molecule has 0 aliphatic rings. The van der Waals surface area contributed by atoms with Crippen molar-refractivity contribution in [2.75, 3.05) is 47.5 Å². The van der Waals surface area contributed by atoms with Gasteiger partial charge in [0, 0.05) is 12.8 Å². The van der Waals surface area contributed by atoms with Crippen molar-refractivity contribution in [2.45, 2.75) is 341 Å². The molecule has 0 aromatic rings. The van der Waals surface area contributed by atoms with Gasteiger partial charge in [0.15, 0.2) is 12.4 Å². The highest BCUT2D eigenvalue weighted by Crippen LogP contribution is 2.18. The van der Waals surface area contributed by atoms with Crippen LogP contribution in [0.15, 0.2) is 24.3 Å². The second-order valence-corrected chi connectivity index (χ2v) is 23.8. The van der Waals surface area contributed by atoms with E-state index in [1.165, 1.54) is 257 Å². The normalized spacial score (nSPS) is 12.8. The van der Waals surface area contributed by atoms with Gasteiger partial charge >= 0.3 is 11.9 Å². The Bertz CT molecular complexity index is 1300. The predicted molar refractivity (Wildman–Crippen MR) is 320 cm³/mol. The molecule has 0 N–H and O–H groups in total. The lowest BCUT2D eigenvalue weighted by molar-refractivity contribution is -0.870. The van der Waals surface area contributed by atoms with Crippen molar-refractivity contribution in [3.8, 4) is 0 Å². The molecule has 0 aliphatic carbocycles. The number of ether oxygens (including phenoxy) is 4. The number of likely N-dealkylation sites (N-methyl/N-ethyl adjacent to an activating group) is 1. The lowest BCUT2D eigenvalue weighted by Gasteiger charge is -2.26. The van der Waals surface area contributed by atoms with E-state index in [2.05, 4.69) is 38.2 Å². The Balaban J connectivity index is 3.82. The molecule has 2 unspecified atom stereocenters. The van der Waals surface area contributed by atoms with Gasteiger partial charge in [-0.1, -0.05) is 295 Å². The topological polar surface area (TPSA) is 111 Å². The fraction of sp³-hybridized carbons (Fsp3) is 0.896. The van der Waals surface area contributed by atoms with Gasteiger partial charge in [-0.15, -0.1) is 0 Å². The first kappa shape index (κ1) is 73.8. The number of carboxylic acids is 1. The SMILES string of the molecule is CCCCCCC/C=C\C/C=C\CCCCCCCCCCCCCCCCCCCCCCCCCCCCCCCC(=O)OC(COC(=O)CCCCCCCCCCCC)COC(OCC[N+](C)(C)C)C(=O)[O-]. The molecule has 0 rings (SSSR count). The van der Waals surface area contributed by atoms with Gasteiger partial charge in [-0.2, -0.15) is 0 Å². The van der Waals surface area contributed by atoms with Crippen molar-refractivity contribution in [2.24, 2.45) is 0 Å². The van der Waals surface area contributed by atoms with Gasteiger partial charge in [0.1, 0.15) is 13.2 Å². The summed E-state index contributed by atoms with van der Waals surface area (Å²) in [6, 6.07) is 0. The molecule has 0 fully saturated rings. The Morgan fingerprint density at radius 1 is 0.395 bits per heavy atom. The van der Waals surface area contributed by atoms with Crippen LogP contribution < -0.4 is 5.11 Å². The van der Waals surface area contributed by atoms with Crippen LogP contribution in [0.5, 0.6) is 0 Å². The fourth-order valence-corrected chi connectivity index (χ4v) is 9.87. The zero-order valence-electron chi connectivity index (χ0n) is 51.2. The minimum absolute atomic E-state index is 0.152. The van der Waals surface area contributed by atoms with Crippen molar-refractivity contribution in [1.82, 2.24) is 0 Å². The zero-order chi connectivity index (χ0) is 55.5. The number of esters is 2. The highest BCUT2D eigenvalue weighted by Gasteiger charge is 2.22. The molecule has 0 aromatic carbocycles. The first-order valence-corrected chi connectivity index (χ1v) is 33.0. The number of nitrogens with zero attached hydrogens (tertiary/aromatic N) is 1. The van der Waals surface area contributed by atoms with Crippen molar-refractivity contribution in [3.63, 3.8) is 0 Å². The molecule has 0 spiro atoms. The molecule has 0 heterocycles. The van der Waals surface area contributed by atoms with Crippen LogP contribution in [0.25, 0.3) is 0 Å². The van der Waals surface area contributed by atoms with E-state index < -0.39 is 24.3 Å². The molecular weight excluding hydrogens is 947 g/mol. The van der Waals surface area contributed by atoms with Gasteiger partial charge in [0.05, 0.1) is 40.3 Å². The van der Waals surface area contributed by atoms with Gasteiger partial charge in [-0.3, -0.25) is 9.59 Å². The molecule has 9 heteroatoms. The van der Waals surface area contributed by atoms with E-state index in [0.29, 0.717) is 17.4 Å². The van der Waals surface area contributed by atoms with E-state index in [1.807, 2.05) is 21.1 Å². The molecule has 0 bridgehead atoms. The lowest BCUT2D eigenvalue weighted by Crippen LogP contribution is -2.44. The van der Waals surface area contributed by atoms with Gasteiger partial charge in [0.25, 0.3) is 0 Å². The summed E-state index contributed by atoms with van der Waals surface area (Å²) in [5.41, 5.74) is 0. The number of rotatable bonds is 62. The molecule has 0 amide bonds. The van der Waals surface area contributed by atoms with Crippen LogP contribution >= 0.6 is 0 Å².